The van der Waals surface area contributed by atoms with Crippen molar-refractivity contribution in [1.82, 2.24) is 0 Å². The van der Waals surface area contributed by atoms with Crippen LogP contribution in [0.1, 0.15) is 0 Å². The van der Waals surface area contributed by atoms with Gasteiger partial charge >= 0.3 is 0 Å². The fourth-order valence-electron chi connectivity index (χ4n) is 2.69. The molecule has 0 spiro atoms. The molecule has 0 heterocycles. The molecular formula is C21H18ClFN2O4S. The Labute approximate surface area is 178 Å². The zero-order valence-electron chi connectivity index (χ0n) is 15.9. The third-order valence-electron chi connectivity index (χ3n) is 4.16. The maximum atomic E-state index is 13.4. The average molecular weight is 449 g/mol. The quantitative estimate of drug-likeness (QED) is 0.584. The van der Waals surface area contributed by atoms with Gasteiger partial charge in [-0.15, -0.1) is 0 Å². The summed E-state index contributed by atoms with van der Waals surface area (Å²) in [6.45, 7) is -0.521. The molecule has 0 fully saturated rings. The monoisotopic (exact) mass is 448 g/mol. The summed E-state index contributed by atoms with van der Waals surface area (Å²) < 4.78 is 45.9. The van der Waals surface area contributed by atoms with Crippen LogP contribution in [0.15, 0.2) is 77.7 Å². The normalized spacial score (nSPS) is 11.0. The number of carbonyl (C=O) groups is 1. The molecule has 1 amide bonds. The highest BCUT2D eigenvalue weighted by Gasteiger charge is 2.27. The summed E-state index contributed by atoms with van der Waals surface area (Å²) in [5.41, 5.74) is 0.475. The lowest BCUT2D eigenvalue weighted by atomic mass is 10.3. The number of anilines is 2. The Morgan fingerprint density at radius 2 is 1.73 bits per heavy atom. The van der Waals surface area contributed by atoms with E-state index in [0.29, 0.717) is 10.8 Å². The number of methoxy groups -OCH3 is 1. The lowest BCUT2D eigenvalue weighted by molar-refractivity contribution is -0.114. The van der Waals surface area contributed by atoms with Crippen LogP contribution in [-0.4, -0.2) is 28.0 Å². The minimum atomic E-state index is -4.09. The van der Waals surface area contributed by atoms with E-state index in [1.807, 2.05) is 0 Å². The summed E-state index contributed by atoms with van der Waals surface area (Å²) in [5.74, 6) is -0.656. The molecular weight excluding hydrogens is 431 g/mol. The van der Waals surface area contributed by atoms with Gasteiger partial charge in [0.1, 0.15) is 18.1 Å². The van der Waals surface area contributed by atoms with E-state index >= 15 is 0 Å². The second kappa shape index (κ2) is 9.15. The topological polar surface area (TPSA) is 75.7 Å². The maximum absolute atomic E-state index is 13.4. The molecule has 0 radical (unpaired) electrons. The zero-order valence-corrected chi connectivity index (χ0v) is 17.5. The molecule has 0 bridgehead atoms. The maximum Gasteiger partial charge on any atom is 0.264 e. The van der Waals surface area contributed by atoms with Crippen molar-refractivity contribution in [2.45, 2.75) is 4.90 Å². The Kier molecular flexibility index (Phi) is 6.59. The molecule has 3 rings (SSSR count). The molecule has 30 heavy (non-hydrogen) atoms. The van der Waals surface area contributed by atoms with Gasteiger partial charge in [0.25, 0.3) is 10.0 Å². The number of benzene rings is 3. The van der Waals surface area contributed by atoms with E-state index < -0.39 is 28.3 Å². The van der Waals surface area contributed by atoms with Crippen LogP contribution in [0.5, 0.6) is 5.75 Å². The number of carbonyl (C=O) groups excluding carboxylic acids is 1. The SMILES string of the molecule is COc1ccc(S(=O)(=O)N(CC(=O)Nc2cccc(F)c2)c2ccc(Cl)cc2)cc1. The number of hydrogen-bond donors (Lipinski definition) is 1. The minimum Gasteiger partial charge on any atom is -0.497 e. The molecule has 1 N–H and O–H groups in total. The van der Waals surface area contributed by atoms with Crippen molar-refractivity contribution in [1.29, 1.82) is 0 Å². The smallest absolute Gasteiger partial charge is 0.264 e. The molecule has 0 aromatic heterocycles. The van der Waals surface area contributed by atoms with Crippen LogP contribution in [0, 0.1) is 5.82 Å². The minimum absolute atomic E-state index is 0.0168. The first-order valence-electron chi connectivity index (χ1n) is 8.77. The molecule has 0 saturated carbocycles. The molecule has 9 heteroatoms. The molecule has 0 atom stereocenters. The van der Waals surface area contributed by atoms with Gasteiger partial charge in [-0.05, 0) is 66.7 Å². The first kappa shape index (κ1) is 21.6. The van der Waals surface area contributed by atoms with Gasteiger partial charge in [0.05, 0.1) is 17.7 Å². The van der Waals surface area contributed by atoms with Crippen molar-refractivity contribution in [2.75, 3.05) is 23.3 Å². The number of ether oxygens (including phenoxy) is 1. The van der Waals surface area contributed by atoms with E-state index in [2.05, 4.69) is 5.32 Å². The molecule has 0 unspecified atom stereocenters. The second-order valence-corrected chi connectivity index (χ2v) is 8.52. The van der Waals surface area contributed by atoms with Crippen molar-refractivity contribution in [3.8, 4) is 5.75 Å². The molecule has 3 aromatic rings. The van der Waals surface area contributed by atoms with Gasteiger partial charge in [0.2, 0.25) is 5.91 Å². The third kappa shape index (κ3) is 5.08. The van der Waals surface area contributed by atoms with E-state index in [4.69, 9.17) is 16.3 Å². The lowest BCUT2D eigenvalue weighted by Crippen LogP contribution is -2.38. The lowest BCUT2D eigenvalue weighted by Gasteiger charge is -2.24. The number of rotatable bonds is 7. The molecule has 3 aromatic carbocycles. The van der Waals surface area contributed by atoms with Gasteiger partial charge in [-0.2, -0.15) is 0 Å². The van der Waals surface area contributed by atoms with Crippen LogP contribution in [0.4, 0.5) is 15.8 Å². The standard InChI is InChI=1S/C21H18ClFN2O4S/c1-29-19-9-11-20(12-10-19)30(27,28)25(18-7-5-15(22)6-8-18)14-21(26)24-17-4-2-3-16(23)13-17/h2-13H,14H2,1H3,(H,24,26). The molecule has 0 saturated heterocycles. The molecule has 6 nitrogen and oxygen atoms in total. The van der Waals surface area contributed by atoms with E-state index in [1.54, 1.807) is 0 Å². The van der Waals surface area contributed by atoms with Crippen molar-refractivity contribution in [2.24, 2.45) is 0 Å². The Morgan fingerprint density at radius 3 is 2.33 bits per heavy atom. The fourth-order valence-corrected chi connectivity index (χ4v) is 4.24. The van der Waals surface area contributed by atoms with Crippen LogP contribution in [0.2, 0.25) is 5.02 Å². The summed E-state index contributed by atoms with van der Waals surface area (Å²) in [6, 6.07) is 17.2. The van der Waals surface area contributed by atoms with Crippen LogP contribution >= 0.6 is 11.6 Å². The highest BCUT2D eigenvalue weighted by molar-refractivity contribution is 7.92. The largest absolute Gasteiger partial charge is 0.497 e. The molecule has 0 aliphatic heterocycles. The summed E-state index contributed by atoms with van der Waals surface area (Å²) in [4.78, 5) is 12.6. The van der Waals surface area contributed by atoms with Crippen LogP contribution in [-0.2, 0) is 14.8 Å². The van der Waals surface area contributed by atoms with E-state index in [-0.39, 0.29) is 16.3 Å². The van der Waals surface area contributed by atoms with Gasteiger partial charge in [0.15, 0.2) is 0 Å². The van der Waals surface area contributed by atoms with E-state index in [1.165, 1.54) is 73.8 Å². The highest BCUT2D eigenvalue weighted by atomic mass is 35.5. The summed E-state index contributed by atoms with van der Waals surface area (Å²) in [5, 5.41) is 2.93. The Bertz CT molecular complexity index is 1140. The molecule has 156 valence electrons. The average Bonchev–Trinajstić information content (AvgIpc) is 2.73. The van der Waals surface area contributed by atoms with Crippen LogP contribution in [0.3, 0.4) is 0 Å². The van der Waals surface area contributed by atoms with Gasteiger partial charge in [-0.3, -0.25) is 9.10 Å². The third-order valence-corrected chi connectivity index (χ3v) is 6.20. The number of hydrogen-bond acceptors (Lipinski definition) is 4. The van der Waals surface area contributed by atoms with Crippen molar-refractivity contribution in [3.05, 3.63) is 83.6 Å². The Balaban J connectivity index is 1.93. The van der Waals surface area contributed by atoms with Gasteiger partial charge in [-0.1, -0.05) is 17.7 Å². The Morgan fingerprint density at radius 1 is 1.07 bits per heavy atom. The van der Waals surface area contributed by atoms with Crippen LogP contribution in [0.25, 0.3) is 0 Å². The highest BCUT2D eigenvalue weighted by Crippen LogP contribution is 2.26. The predicted octanol–water partition coefficient (Wildman–Crippen LogP) is 4.32. The van der Waals surface area contributed by atoms with Gasteiger partial charge in [0, 0.05) is 10.7 Å². The first-order valence-corrected chi connectivity index (χ1v) is 10.6. The summed E-state index contributed by atoms with van der Waals surface area (Å²) in [6.07, 6.45) is 0. The van der Waals surface area contributed by atoms with Crippen molar-refractivity contribution in [3.63, 3.8) is 0 Å². The number of amides is 1. The summed E-state index contributed by atoms with van der Waals surface area (Å²) in [7, 11) is -2.62. The van der Waals surface area contributed by atoms with Gasteiger partial charge in [-0.25, -0.2) is 12.8 Å². The van der Waals surface area contributed by atoms with E-state index in [0.717, 1.165) is 10.4 Å². The molecule has 0 aliphatic carbocycles. The van der Waals surface area contributed by atoms with E-state index in [9.17, 15) is 17.6 Å². The fraction of sp³-hybridized carbons (Fsp3) is 0.0952. The summed E-state index contributed by atoms with van der Waals surface area (Å²) >= 11 is 5.91. The number of nitrogens with one attached hydrogen (secondary N) is 1. The van der Waals surface area contributed by atoms with Crippen LogP contribution < -0.4 is 14.4 Å². The first-order chi connectivity index (χ1) is 14.3. The zero-order chi connectivity index (χ0) is 21.7. The second-order valence-electron chi connectivity index (χ2n) is 6.22. The van der Waals surface area contributed by atoms with Crippen molar-refractivity contribution < 1.29 is 22.3 Å². The molecule has 0 aliphatic rings. The number of sulfonamides is 1. The van der Waals surface area contributed by atoms with Crippen molar-refractivity contribution >= 4 is 38.9 Å². The Hall–Kier alpha value is -3.10. The number of nitrogens with zero attached hydrogens (tertiary/aromatic N) is 1. The number of halogens is 2. The van der Waals surface area contributed by atoms with Gasteiger partial charge < -0.3 is 10.1 Å². The predicted molar refractivity (Wildman–Crippen MR) is 114 cm³/mol.